The minimum atomic E-state index is -4.10. The van der Waals surface area contributed by atoms with Gasteiger partial charge in [-0.05, 0) is 31.0 Å². The molecule has 1 heterocycles. The van der Waals surface area contributed by atoms with E-state index in [9.17, 15) is 22.0 Å². The van der Waals surface area contributed by atoms with Crippen molar-refractivity contribution in [1.82, 2.24) is 14.5 Å². The lowest BCUT2D eigenvalue weighted by molar-refractivity contribution is -0.123. The van der Waals surface area contributed by atoms with E-state index >= 15 is 0 Å². The molecule has 2 fully saturated rings. The first-order valence-corrected chi connectivity index (χ1v) is 10.8. The Morgan fingerprint density at radius 3 is 2.41 bits per heavy atom. The Balaban J connectivity index is 1.53. The van der Waals surface area contributed by atoms with Crippen LogP contribution in [0.1, 0.15) is 32.1 Å². The summed E-state index contributed by atoms with van der Waals surface area (Å²) < 4.78 is 53.5. The molecule has 1 aromatic carbocycles. The molecule has 150 valence electrons. The summed E-state index contributed by atoms with van der Waals surface area (Å²) in [5.74, 6) is -1.81. The highest BCUT2D eigenvalue weighted by molar-refractivity contribution is 7.89. The van der Waals surface area contributed by atoms with Crippen molar-refractivity contribution in [3.05, 3.63) is 29.8 Å². The summed E-state index contributed by atoms with van der Waals surface area (Å²) in [7, 11) is -4.10. The molecule has 0 atom stereocenters. The molecule has 1 saturated heterocycles. The Morgan fingerprint density at radius 2 is 1.74 bits per heavy atom. The van der Waals surface area contributed by atoms with Gasteiger partial charge in [0, 0.05) is 32.2 Å². The Kier molecular flexibility index (Phi) is 6.44. The number of carbonyl (C=O) groups is 1. The van der Waals surface area contributed by atoms with E-state index in [2.05, 4.69) is 5.32 Å². The molecule has 1 saturated carbocycles. The van der Waals surface area contributed by atoms with Crippen molar-refractivity contribution in [2.75, 3.05) is 32.7 Å². The number of halogens is 2. The molecule has 6 nitrogen and oxygen atoms in total. The van der Waals surface area contributed by atoms with Crippen LogP contribution in [-0.2, 0) is 14.8 Å². The molecule has 2 aliphatic rings. The molecule has 1 aliphatic carbocycles. The smallest absolute Gasteiger partial charge is 0.246 e. The molecule has 27 heavy (non-hydrogen) atoms. The molecule has 1 N–H and O–H groups in total. The van der Waals surface area contributed by atoms with Crippen molar-refractivity contribution < 1.29 is 22.0 Å². The van der Waals surface area contributed by atoms with Gasteiger partial charge in [-0.2, -0.15) is 4.31 Å². The number of nitrogens with one attached hydrogen (secondary N) is 1. The van der Waals surface area contributed by atoms with Gasteiger partial charge in [-0.15, -0.1) is 0 Å². The number of hydrogen-bond donors (Lipinski definition) is 1. The molecule has 0 spiro atoms. The number of amides is 1. The highest BCUT2D eigenvalue weighted by Crippen LogP contribution is 2.22. The van der Waals surface area contributed by atoms with E-state index in [0.717, 1.165) is 42.1 Å². The zero-order valence-electron chi connectivity index (χ0n) is 15.2. The second-order valence-electron chi connectivity index (χ2n) is 7.16. The fourth-order valence-corrected chi connectivity index (χ4v) is 5.16. The van der Waals surface area contributed by atoms with Crippen LogP contribution in [0.25, 0.3) is 0 Å². The van der Waals surface area contributed by atoms with Crippen molar-refractivity contribution in [3.8, 4) is 0 Å². The van der Waals surface area contributed by atoms with Crippen LogP contribution >= 0.6 is 0 Å². The number of hydrogen-bond acceptors (Lipinski definition) is 4. The third-order valence-corrected chi connectivity index (χ3v) is 7.09. The van der Waals surface area contributed by atoms with Crippen LogP contribution in [0, 0.1) is 11.6 Å². The summed E-state index contributed by atoms with van der Waals surface area (Å²) >= 11 is 0. The van der Waals surface area contributed by atoms with Gasteiger partial charge in [-0.25, -0.2) is 17.2 Å². The van der Waals surface area contributed by atoms with Crippen molar-refractivity contribution in [2.24, 2.45) is 0 Å². The molecule has 1 aromatic rings. The van der Waals surface area contributed by atoms with Crippen LogP contribution in [-0.4, -0.2) is 62.3 Å². The number of benzene rings is 1. The maximum atomic E-state index is 13.9. The summed E-state index contributed by atoms with van der Waals surface area (Å²) in [6.07, 6.45) is 5.51. The van der Waals surface area contributed by atoms with Crippen molar-refractivity contribution in [2.45, 2.75) is 43.0 Å². The average Bonchev–Trinajstić information content (AvgIpc) is 2.65. The van der Waals surface area contributed by atoms with Gasteiger partial charge < -0.3 is 5.32 Å². The lowest BCUT2D eigenvalue weighted by atomic mass is 9.95. The zero-order valence-corrected chi connectivity index (χ0v) is 16.0. The molecule has 9 heteroatoms. The van der Waals surface area contributed by atoms with Gasteiger partial charge in [-0.1, -0.05) is 19.3 Å². The van der Waals surface area contributed by atoms with Crippen molar-refractivity contribution in [3.63, 3.8) is 0 Å². The fourth-order valence-electron chi connectivity index (χ4n) is 3.67. The van der Waals surface area contributed by atoms with E-state index in [1.807, 2.05) is 4.90 Å². The van der Waals surface area contributed by atoms with Crippen molar-refractivity contribution >= 4 is 15.9 Å². The largest absolute Gasteiger partial charge is 0.352 e. The van der Waals surface area contributed by atoms with Crippen LogP contribution < -0.4 is 5.32 Å². The number of carbonyl (C=O) groups excluding carboxylic acids is 1. The highest BCUT2D eigenvalue weighted by Gasteiger charge is 2.31. The topological polar surface area (TPSA) is 69.7 Å². The first-order chi connectivity index (χ1) is 12.9. The standard InChI is InChI=1S/C18H25F2N3O3S/c19-14-6-7-16(20)17(12-14)27(25,26)23-10-8-22(9-11-23)13-18(24)21-15-4-2-1-3-5-15/h6-7,12,15H,1-5,8-11,13H2,(H,21,24). The first kappa shape index (κ1) is 20.2. The summed E-state index contributed by atoms with van der Waals surface area (Å²) in [6, 6.07) is 2.64. The van der Waals surface area contributed by atoms with Gasteiger partial charge in [0.05, 0.1) is 6.54 Å². The quantitative estimate of drug-likeness (QED) is 0.816. The molecular formula is C18H25F2N3O3S. The van der Waals surface area contributed by atoms with E-state index in [1.54, 1.807) is 0 Å². The van der Waals surface area contributed by atoms with Gasteiger partial charge >= 0.3 is 0 Å². The lowest BCUT2D eigenvalue weighted by Gasteiger charge is -2.34. The van der Waals surface area contributed by atoms with Gasteiger partial charge in [-0.3, -0.25) is 9.69 Å². The molecule has 0 aromatic heterocycles. The molecule has 0 unspecified atom stereocenters. The summed E-state index contributed by atoms with van der Waals surface area (Å²) in [6.45, 7) is 1.23. The first-order valence-electron chi connectivity index (χ1n) is 9.33. The second kappa shape index (κ2) is 8.62. The second-order valence-corrected chi connectivity index (χ2v) is 9.06. The maximum Gasteiger partial charge on any atom is 0.246 e. The van der Waals surface area contributed by atoms with Gasteiger partial charge in [0.1, 0.15) is 16.5 Å². The number of rotatable bonds is 5. The van der Waals surface area contributed by atoms with Crippen LogP contribution in [0.15, 0.2) is 23.1 Å². The number of piperazine rings is 1. The summed E-state index contributed by atoms with van der Waals surface area (Å²) in [5, 5.41) is 3.04. The van der Waals surface area contributed by atoms with E-state index in [1.165, 1.54) is 6.42 Å². The Labute approximate surface area is 158 Å². The van der Waals surface area contributed by atoms with Gasteiger partial charge in [0.15, 0.2) is 0 Å². The molecule has 0 radical (unpaired) electrons. The minimum Gasteiger partial charge on any atom is -0.352 e. The predicted octanol–water partition coefficient (Wildman–Crippen LogP) is 1.72. The monoisotopic (exact) mass is 401 g/mol. The van der Waals surface area contributed by atoms with Gasteiger partial charge in [0.2, 0.25) is 15.9 Å². The predicted molar refractivity (Wildman–Crippen MR) is 96.6 cm³/mol. The molecular weight excluding hydrogens is 376 g/mol. The average molecular weight is 401 g/mol. The molecule has 0 bridgehead atoms. The van der Waals surface area contributed by atoms with E-state index < -0.39 is 26.6 Å². The normalized spacial score (nSPS) is 20.5. The molecule has 3 rings (SSSR count). The molecule has 1 amide bonds. The maximum absolute atomic E-state index is 13.9. The fraction of sp³-hybridized carbons (Fsp3) is 0.611. The third-order valence-electron chi connectivity index (χ3n) is 5.18. The minimum absolute atomic E-state index is 0.0469. The Bertz CT molecular complexity index is 774. The summed E-state index contributed by atoms with van der Waals surface area (Å²) in [5.41, 5.74) is 0. The van der Waals surface area contributed by atoms with Crippen LogP contribution in [0.2, 0.25) is 0 Å². The third kappa shape index (κ3) is 5.03. The number of nitrogens with zero attached hydrogens (tertiary/aromatic N) is 2. The summed E-state index contributed by atoms with van der Waals surface area (Å²) in [4.78, 5) is 13.4. The van der Waals surface area contributed by atoms with E-state index in [4.69, 9.17) is 0 Å². The number of sulfonamides is 1. The Hall–Kier alpha value is -1.58. The van der Waals surface area contributed by atoms with Crippen LogP contribution in [0.3, 0.4) is 0 Å². The van der Waals surface area contributed by atoms with Crippen molar-refractivity contribution in [1.29, 1.82) is 0 Å². The van der Waals surface area contributed by atoms with Crippen LogP contribution in [0.4, 0.5) is 8.78 Å². The van der Waals surface area contributed by atoms with E-state index in [0.29, 0.717) is 19.2 Å². The molecule has 1 aliphatic heterocycles. The van der Waals surface area contributed by atoms with Crippen LogP contribution in [0.5, 0.6) is 0 Å². The Morgan fingerprint density at radius 1 is 1.07 bits per heavy atom. The van der Waals surface area contributed by atoms with Gasteiger partial charge in [0.25, 0.3) is 0 Å². The zero-order chi connectivity index (χ0) is 19.4. The van der Waals surface area contributed by atoms with E-state index in [-0.39, 0.29) is 31.6 Å². The lowest BCUT2D eigenvalue weighted by Crippen LogP contribution is -2.52. The SMILES string of the molecule is O=C(CN1CCN(S(=O)(=O)c2cc(F)ccc2F)CC1)NC1CCCCC1. The highest BCUT2D eigenvalue weighted by atomic mass is 32.2.